The number of ether oxygens (including phenoxy) is 1. The second kappa shape index (κ2) is 4.76. The van der Waals surface area contributed by atoms with Gasteiger partial charge in [-0.2, -0.15) is 4.98 Å². The summed E-state index contributed by atoms with van der Waals surface area (Å²) in [5.74, 6) is 0.913. The van der Waals surface area contributed by atoms with E-state index in [9.17, 15) is 0 Å². The zero-order chi connectivity index (χ0) is 11.5. The number of nitrogen functional groups attached to an aromatic ring is 1. The molecule has 0 radical (unpaired) electrons. The van der Waals surface area contributed by atoms with Crippen molar-refractivity contribution in [2.75, 3.05) is 24.8 Å². The van der Waals surface area contributed by atoms with Crippen molar-refractivity contribution in [1.29, 1.82) is 0 Å². The molecule has 84 valence electrons. The molecule has 0 aromatic carbocycles. The van der Waals surface area contributed by atoms with Gasteiger partial charge in [-0.25, -0.2) is 4.98 Å². The number of halogens is 1. The van der Waals surface area contributed by atoms with Gasteiger partial charge >= 0.3 is 0 Å². The molecule has 6 heteroatoms. The number of rotatable bonds is 4. The van der Waals surface area contributed by atoms with Crippen LogP contribution in [-0.2, 0) is 4.74 Å². The van der Waals surface area contributed by atoms with Gasteiger partial charge in [-0.3, -0.25) is 0 Å². The normalized spacial score (nSPS) is 11.5. The van der Waals surface area contributed by atoms with Gasteiger partial charge in [0.2, 0.25) is 5.95 Å². The maximum Gasteiger partial charge on any atom is 0.226 e. The van der Waals surface area contributed by atoms with Gasteiger partial charge in [-0.05, 0) is 29.8 Å². The number of anilines is 2. The first-order chi connectivity index (χ1) is 6.93. The van der Waals surface area contributed by atoms with E-state index in [0.717, 1.165) is 0 Å². The Labute approximate surface area is 97.6 Å². The summed E-state index contributed by atoms with van der Waals surface area (Å²) in [5.41, 5.74) is 5.37. The molecule has 0 aliphatic carbocycles. The first-order valence-electron chi connectivity index (χ1n) is 4.50. The lowest BCUT2D eigenvalue weighted by Crippen LogP contribution is -2.36. The van der Waals surface area contributed by atoms with Gasteiger partial charge < -0.3 is 15.8 Å². The lowest BCUT2D eigenvalue weighted by Gasteiger charge is -2.25. The van der Waals surface area contributed by atoms with Crippen LogP contribution >= 0.6 is 15.9 Å². The summed E-state index contributed by atoms with van der Waals surface area (Å²) in [6.45, 7) is 4.55. The molecule has 0 saturated carbocycles. The Kier molecular flexibility index (Phi) is 3.87. The topological polar surface area (TPSA) is 73.1 Å². The summed E-state index contributed by atoms with van der Waals surface area (Å²) >= 11 is 3.26. The molecule has 0 fully saturated rings. The van der Waals surface area contributed by atoms with Crippen LogP contribution in [0.3, 0.4) is 0 Å². The summed E-state index contributed by atoms with van der Waals surface area (Å²) in [4.78, 5) is 8.23. The number of hydrogen-bond acceptors (Lipinski definition) is 5. The molecule has 1 aromatic rings. The van der Waals surface area contributed by atoms with Crippen LogP contribution in [0.15, 0.2) is 10.7 Å². The van der Waals surface area contributed by atoms with Gasteiger partial charge in [0.15, 0.2) is 0 Å². The fourth-order valence-electron chi connectivity index (χ4n) is 1.19. The Morgan fingerprint density at radius 3 is 2.73 bits per heavy atom. The first-order valence-corrected chi connectivity index (χ1v) is 5.29. The number of methoxy groups -OCH3 is 1. The minimum Gasteiger partial charge on any atom is -0.383 e. The van der Waals surface area contributed by atoms with Gasteiger partial charge in [0.1, 0.15) is 10.4 Å². The van der Waals surface area contributed by atoms with Gasteiger partial charge in [0.05, 0.1) is 12.1 Å². The molecular formula is C9H15BrN4O. The molecular weight excluding hydrogens is 260 g/mol. The van der Waals surface area contributed by atoms with E-state index in [2.05, 4.69) is 31.2 Å². The molecule has 3 N–H and O–H groups in total. The third-order valence-electron chi connectivity index (χ3n) is 1.67. The van der Waals surface area contributed by atoms with Crippen molar-refractivity contribution in [3.63, 3.8) is 0 Å². The SMILES string of the molecule is COCC(C)(C)Nc1nc(N)cc(Br)n1. The summed E-state index contributed by atoms with van der Waals surface area (Å²) in [6.07, 6.45) is 0. The van der Waals surface area contributed by atoms with Crippen molar-refractivity contribution in [3.8, 4) is 0 Å². The van der Waals surface area contributed by atoms with Crippen LogP contribution < -0.4 is 11.1 Å². The number of aromatic nitrogens is 2. The standard InChI is InChI=1S/C9H15BrN4O/c1-9(2,5-15-3)14-8-12-6(10)4-7(11)13-8/h4H,5H2,1-3H3,(H3,11,12,13,14). The molecule has 0 unspecified atom stereocenters. The molecule has 0 atom stereocenters. The molecule has 0 spiro atoms. The Morgan fingerprint density at radius 1 is 1.53 bits per heavy atom. The van der Waals surface area contributed by atoms with Gasteiger partial charge in [-0.1, -0.05) is 0 Å². The van der Waals surface area contributed by atoms with E-state index in [1.165, 1.54) is 0 Å². The van der Waals surface area contributed by atoms with E-state index in [0.29, 0.717) is 23.0 Å². The molecule has 1 rings (SSSR count). The lowest BCUT2D eigenvalue weighted by molar-refractivity contribution is 0.158. The van der Waals surface area contributed by atoms with Crippen LogP contribution in [0.5, 0.6) is 0 Å². The maximum atomic E-state index is 5.60. The van der Waals surface area contributed by atoms with Crippen molar-refractivity contribution in [2.45, 2.75) is 19.4 Å². The summed E-state index contributed by atoms with van der Waals surface area (Å²) in [7, 11) is 1.65. The molecule has 0 aliphatic rings. The number of nitrogens with zero attached hydrogens (tertiary/aromatic N) is 2. The average Bonchev–Trinajstić information content (AvgIpc) is 1.99. The molecule has 0 bridgehead atoms. The molecule has 0 aliphatic heterocycles. The van der Waals surface area contributed by atoms with E-state index in [1.807, 2.05) is 13.8 Å². The second-order valence-corrected chi connectivity index (χ2v) is 4.69. The van der Waals surface area contributed by atoms with Crippen molar-refractivity contribution in [2.24, 2.45) is 0 Å². The minimum atomic E-state index is -0.234. The predicted octanol–water partition coefficient (Wildman–Crippen LogP) is 1.66. The highest BCUT2D eigenvalue weighted by atomic mass is 79.9. The van der Waals surface area contributed by atoms with Crippen molar-refractivity contribution in [1.82, 2.24) is 9.97 Å². The molecule has 0 saturated heterocycles. The van der Waals surface area contributed by atoms with Gasteiger partial charge in [-0.15, -0.1) is 0 Å². The molecule has 0 amide bonds. The van der Waals surface area contributed by atoms with Crippen LogP contribution in [-0.4, -0.2) is 29.2 Å². The van der Waals surface area contributed by atoms with E-state index >= 15 is 0 Å². The molecule has 1 aromatic heterocycles. The van der Waals surface area contributed by atoms with E-state index < -0.39 is 0 Å². The Bertz CT molecular complexity index is 323. The Morgan fingerprint density at radius 2 is 2.20 bits per heavy atom. The quantitative estimate of drug-likeness (QED) is 0.817. The lowest BCUT2D eigenvalue weighted by atomic mass is 10.1. The predicted molar refractivity (Wildman–Crippen MR) is 63.7 cm³/mol. The maximum absolute atomic E-state index is 5.60. The summed E-state index contributed by atoms with van der Waals surface area (Å²) in [6, 6.07) is 1.65. The number of hydrogen-bond donors (Lipinski definition) is 2. The van der Waals surface area contributed by atoms with Gasteiger partial charge in [0, 0.05) is 13.2 Å². The Hall–Kier alpha value is -0.880. The largest absolute Gasteiger partial charge is 0.383 e. The molecule has 1 heterocycles. The highest BCUT2D eigenvalue weighted by molar-refractivity contribution is 9.10. The number of nitrogens with two attached hydrogens (primary N) is 1. The molecule has 15 heavy (non-hydrogen) atoms. The Balaban J connectivity index is 2.80. The zero-order valence-electron chi connectivity index (χ0n) is 9.04. The van der Waals surface area contributed by atoms with Crippen LogP contribution in [0.4, 0.5) is 11.8 Å². The zero-order valence-corrected chi connectivity index (χ0v) is 10.6. The summed E-state index contributed by atoms with van der Waals surface area (Å²) < 4.78 is 5.74. The van der Waals surface area contributed by atoms with Crippen LogP contribution in [0, 0.1) is 0 Å². The van der Waals surface area contributed by atoms with E-state index in [4.69, 9.17) is 10.5 Å². The number of nitrogens with one attached hydrogen (secondary N) is 1. The molecule has 5 nitrogen and oxygen atoms in total. The van der Waals surface area contributed by atoms with Crippen LogP contribution in [0.2, 0.25) is 0 Å². The van der Waals surface area contributed by atoms with Crippen molar-refractivity contribution < 1.29 is 4.74 Å². The van der Waals surface area contributed by atoms with E-state index in [1.54, 1.807) is 13.2 Å². The monoisotopic (exact) mass is 274 g/mol. The smallest absolute Gasteiger partial charge is 0.226 e. The fourth-order valence-corrected chi connectivity index (χ4v) is 1.59. The summed E-state index contributed by atoms with van der Waals surface area (Å²) in [5, 5.41) is 3.14. The minimum absolute atomic E-state index is 0.234. The van der Waals surface area contributed by atoms with Gasteiger partial charge in [0.25, 0.3) is 0 Å². The average molecular weight is 275 g/mol. The van der Waals surface area contributed by atoms with E-state index in [-0.39, 0.29) is 5.54 Å². The third kappa shape index (κ3) is 4.01. The van der Waals surface area contributed by atoms with Crippen LogP contribution in [0.25, 0.3) is 0 Å². The third-order valence-corrected chi connectivity index (χ3v) is 2.08. The fraction of sp³-hybridized carbons (Fsp3) is 0.556. The highest BCUT2D eigenvalue weighted by Crippen LogP contribution is 2.16. The van der Waals surface area contributed by atoms with Crippen LogP contribution in [0.1, 0.15) is 13.8 Å². The highest BCUT2D eigenvalue weighted by Gasteiger charge is 2.18. The second-order valence-electron chi connectivity index (χ2n) is 3.88. The van der Waals surface area contributed by atoms with Crippen molar-refractivity contribution >= 4 is 27.7 Å². The van der Waals surface area contributed by atoms with Crippen molar-refractivity contribution in [3.05, 3.63) is 10.7 Å². The first kappa shape index (κ1) is 12.2.